The Labute approximate surface area is 304 Å². The standard InChI is InChI=1S/C36H42N6O7S2/c1-21(2)30(40-34(46)49-3)33(45)41-14-4-5-27(41)31-37-18-26(39-31)24-10-6-22(7-11-24)23-8-12-25(13-9-23)29(43)19-38-32(44)28-17-36(50-15-16-51-36)20-42(28)35(47)48/h6-13,18,21,27-28,30H,4-5,14-17,19-20H2,1-3H3,(H,37,39)(H,38,44)(H,40,46)(H,47,48)/t27?,28-,30-/m0/s1. The van der Waals surface area contributed by atoms with Gasteiger partial charge in [-0.3, -0.25) is 19.3 Å². The van der Waals surface area contributed by atoms with Gasteiger partial charge in [0.05, 0.1) is 29.5 Å². The van der Waals surface area contributed by atoms with Gasteiger partial charge in [0.15, 0.2) is 5.78 Å². The lowest BCUT2D eigenvalue weighted by atomic mass is 10.0. The number of amides is 4. The maximum Gasteiger partial charge on any atom is 0.408 e. The fraction of sp³-hybridized carbons (Fsp3) is 0.444. The predicted octanol–water partition coefficient (Wildman–Crippen LogP) is 5.02. The minimum Gasteiger partial charge on any atom is -0.465 e. The summed E-state index contributed by atoms with van der Waals surface area (Å²) in [6.07, 6.45) is 2.08. The number of H-pyrrole nitrogens is 1. The molecule has 3 aliphatic heterocycles. The molecule has 6 rings (SSSR count). The molecule has 4 N–H and O–H groups in total. The van der Waals surface area contributed by atoms with Gasteiger partial charge in [-0.1, -0.05) is 62.4 Å². The van der Waals surface area contributed by atoms with E-state index in [2.05, 4.69) is 15.6 Å². The van der Waals surface area contributed by atoms with Gasteiger partial charge in [-0.15, -0.1) is 23.5 Å². The topological polar surface area (TPSA) is 174 Å². The van der Waals surface area contributed by atoms with Gasteiger partial charge in [0.25, 0.3) is 0 Å². The number of rotatable bonds is 10. The number of aromatic amines is 1. The SMILES string of the molecule is COC(=O)N[C@H](C(=O)N1CCCC1c1nc(-c2ccc(-c3ccc(C(=O)CNC(=O)[C@@H]4CC5(CN4C(=O)O)SCCS5)cc3)cc2)c[nH]1)C(C)C. The highest BCUT2D eigenvalue weighted by Gasteiger charge is 2.51. The van der Waals surface area contributed by atoms with Crippen LogP contribution in [0.4, 0.5) is 9.59 Å². The van der Waals surface area contributed by atoms with Gasteiger partial charge in [0.1, 0.15) is 17.9 Å². The number of nitrogens with zero attached hydrogens (tertiary/aromatic N) is 3. The molecule has 3 saturated heterocycles. The summed E-state index contributed by atoms with van der Waals surface area (Å²) in [5, 5.41) is 15.0. The Balaban J connectivity index is 1.05. The van der Waals surface area contributed by atoms with Crippen LogP contribution in [0.2, 0.25) is 0 Å². The first-order valence-electron chi connectivity index (χ1n) is 17.0. The summed E-state index contributed by atoms with van der Waals surface area (Å²) < 4.78 is 4.44. The number of ether oxygens (including phenoxy) is 1. The Morgan fingerprint density at radius 3 is 2.27 bits per heavy atom. The number of benzene rings is 2. The number of hydrogen-bond acceptors (Lipinski definition) is 9. The van der Waals surface area contributed by atoms with Crippen molar-refractivity contribution in [1.29, 1.82) is 0 Å². The molecule has 3 atom stereocenters. The number of carboxylic acid groups (broad SMARTS) is 1. The quantitative estimate of drug-likeness (QED) is 0.207. The van der Waals surface area contributed by atoms with E-state index in [4.69, 9.17) is 9.72 Å². The summed E-state index contributed by atoms with van der Waals surface area (Å²) in [5.74, 6) is 1.56. The molecule has 3 aromatic rings. The van der Waals surface area contributed by atoms with Crippen molar-refractivity contribution in [2.75, 3.05) is 38.2 Å². The van der Waals surface area contributed by atoms with Crippen LogP contribution in [0, 0.1) is 5.92 Å². The highest BCUT2D eigenvalue weighted by molar-refractivity contribution is 8.21. The minimum absolute atomic E-state index is 0.119. The first kappa shape index (κ1) is 36.3. The zero-order chi connectivity index (χ0) is 36.3. The van der Waals surface area contributed by atoms with Crippen LogP contribution >= 0.6 is 23.5 Å². The smallest absolute Gasteiger partial charge is 0.408 e. The second kappa shape index (κ2) is 15.4. The molecule has 270 valence electrons. The molecule has 51 heavy (non-hydrogen) atoms. The van der Waals surface area contributed by atoms with Gasteiger partial charge in [-0.2, -0.15) is 0 Å². The highest BCUT2D eigenvalue weighted by atomic mass is 32.2. The molecule has 0 aliphatic carbocycles. The lowest BCUT2D eigenvalue weighted by Gasteiger charge is -2.29. The number of thioether (sulfide) groups is 2. The number of ketones is 1. The molecule has 15 heteroatoms. The van der Waals surface area contributed by atoms with Crippen molar-refractivity contribution in [1.82, 2.24) is 30.4 Å². The van der Waals surface area contributed by atoms with Crippen molar-refractivity contribution in [3.8, 4) is 22.4 Å². The van der Waals surface area contributed by atoms with Crippen LogP contribution < -0.4 is 10.6 Å². The van der Waals surface area contributed by atoms with Crippen molar-refractivity contribution < 1.29 is 33.8 Å². The van der Waals surface area contributed by atoms with E-state index < -0.39 is 30.2 Å². The highest BCUT2D eigenvalue weighted by Crippen LogP contribution is 2.51. The largest absolute Gasteiger partial charge is 0.465 e. The van der Waals surface area contributed by atoms with E-state index in [0.717, 1.165) is 46.7 Å². The van der Waals surface area contributed by atoms with Crippen LogP contribution in [-0.2, 0) is 14.3 Å². The third-order valence-corrected chi connectivity index (χ3v) is 13.1. The number of methoxy groups -OCH3 is 1. The van der Waals surface area contributed by atoms with Crippen LogP contribution in [-0.4, -0.2) is 109 Å². The van der Waals surface area contributed by atoms with Crippen molar-refractivity contribution in [2.45, 2.75) is 55.3 Å². The first-order valence-corrected chi connectivity index (χ1v) is 19.0. The summed E-state index contributed by atoms with van der Waals surface area (Å²) >= 11 is 3.41. The van der Waals surface area contributed by atoms with E-state index in [-0.39, 0.29) is 34.3 Å². The van der Waals surface area contributed by atoms with E-state index in [0.29, 0.717) is 30.9 Å². The Hall–Kier alpha value is -4.50. The van der Waals surface area contributed by atoms with E-state index in [1.807, 2.05) is 56.4 Å². The third-order valence-electron chi connectivity index (χ3n) is 9.64. The Morgan fingerprint density at radius 1 is 1.00 bits per heavy atom. The number of aromatic nitrogens is 2. The molecule has 0 radical (unpaired) electrons. The first-order chi connectivity index (χ1) is 24.5. The number of hydrogen-bond donors (Lipinski definition) is 4. The Kier molecular flexibility index (Phi) is 11.0. The Morgan fingerprint density at radius 2 is 1.65 bits per heavy atom. The fourth-order valence-electron chi connectivity index (χ4n) is 6.90. The van der Waals surface area contributed by atoms with Gasteiger partial charge >= 0.3 is 12.2 Å². The number of nitrogens with one attached hydrogen (secondary N) is 3. The van der Waals surface area contributed by atoms with Crippen molar-refractivity contribution in [3.63, 3.8) is 0 Å². The average Bonchev–Trinajstić information content (AvgIpc) is 3.96. The number of carbonyl (C=O) groups excluding carboxylic acids is 4. The second-order valence-electron chi connectivity index (χ2n) is 13.3. The predicted molar refractivity (Wildman–Crippen MR) is 195 cm³/mol. The lowest BCUT2D eigenvalue weighted by molar-refractivity contribution is -0.135. The molecule has 1 aromatic heterocycles. The van der Waals surface area contributed by atoms with E-state index in [1.165, 1.54) is 12.0 Å². The van der Waals surface area contributed by atoms with Crippen LogP contribution in [0.1, 0.15) is 55.3 Å². The lowest BCUT2D eigenvalue weighted by Crippen LogP contribution is -2.51. The number of imidazole rings is 1. The number of likely N-dealkylation sites (tertiary alicyclic amines) is 2. The molecule has 0 bridgehead atoms. The van der Waals surface area contributed by atoms with Crippen LogP contribution in [0.3, 0.4) is 0 Å². The Bertz CT molecular complexity index is 1770. The zero-order valence-electron chi connectivity index (χ0n) is 28.7. The van der Waals surface area contributed by atoms with Crippen LogP contribution in [0.5, 0.6) is 0 Å². The maximum atomic E-state index is 13.5. The van der Waals surface area contributed by atoms with Crippen molar-refractivity contribution >= 4 is 53.3 Å². The van der Waals surface area contributed by atoms with Crippen molar-refractivity contribution in [3.05, 3.63) is 66.1 Å². The molecular weight excluding hydrogens is 693 g/mol. The van der Waals surface area contributed by atoms with Gasteiger partial charge in [-0.05, 0) is 29.9 Å². The maximum absolute atomic E-state index is 13.5. The number of alkyl carbamates (subject to hydrolysis) is 1. The number of carbonyl (C=O) groups is 5. The molecule has 4 amide bonds. The van der Waals surface area contributed by atoms with Gasteiger partial charge in [0, 0.05) is 48.3 Å². The van der Waals surface area contributed by atoms with E-state index >= 15 is 0 Å². The molecule has 13 nitrogen and oxygen atoms in total. The molecule has 3 aliphatic rings. The zero-order valence-corrected chi connectivity index (χ0v) is 30.4. The fourth-order valence-corrected chi connectivity index (χ4v) is 10.2. The van der Waals surface area contributed by atoms with Gasteiger partial charge in [-0.25, -0.2) is 14.6 Å². The van der Waals surface area contributed by atoms with Gasteiger partial charge < -0.3 is 30.4 Å². The normalized spacial score (nSPS) is 20.1. The molecule has 4 heterocycles. The summed E-state index contributed by atoms with van der Waals surface area (Å²) in [5.41, 5.74) is 3.93. The molecule has 0 saturated carbocycles. The number of Topliss-reactive ketones (excluding diaryl/α,β-unsaturated/α-hetero) is 1. The molecule has 1 unspecified atom stereocenters. The molecular formula is C36H42N6O7S2. The average molecular weight is 735 g/mol. The third kappa shape index (κ3) is 7.88. The van der Waals surface area contributed by atoms with Crippen LogP contribution in [0.25, 0.3) is 22.4 Å². The summed E-state index contributed by atoms with van der Waals surface area (Å²) in [6, 6.07) is 13.3. The van der Waals surface area contributed by atoms with Crippen LogP contribution in [0.15, 0.2) is 54.7 Å². The summed E-state index contributed by atoms with van der Waals surface area (Å²) in [6.45, 7) is 4.42. The minimum atomic E-state index is -1.12. The second-order valence-corrected chi connectivity index (χ2v) is 16.5. The van der Waals surface area contributed by atoms with Gasteiger partial charge in [0.2, 0.25) is 11.8 Å². The van der Waals surface area contributed by atoms with E-state index in [9.17, 15) is 29.1 Å². The molecule has 1 spiro atoms. The van der Waals surface area contributed by atoms with E-state index in [1.54, 1.807) is 40.6 Å². The molecule has 2 aromatic carbocycles. The summed E-state index contributed by atoms with van der Waals surface area (Å²) in [7, 11) is 1.27. The molecule has 3 fully saturated rings. The monoisotopic (exact) mass is 734 g/mol. The summed E-state index contributed by atoms with van der Waals surface area (Å²) in [4.78, 5) is 74.2. The van der Waals surface area contributed by atoms with Crippen molar-refractivity contribution in [2.24, 2.45) is 5.92 Å².